The highest BCUT2D eigenvalue weighted by Gasteiger charge is 2.40. The molecule has 6 heteroatoms. The summed E-state index contributed by atoms with van der Waals surface area (Å²) in [6.07, 6.45) is -6.88. The summed E-state index contributed by atoms with van der Waals surface area (Å²) in [6.45, 7) is 0.691. The normalized spacial score (nSPS) is 27.9. The third-order valence-electron chi connectivity index (χ3n) is 7.34. The highest BCUT2D eigenvalue weighted by molar-refractivity contribution is 6.20. The summed E-state index contributed by atoms with van der Waals surface area (Å²) in [5.41, 5.74) is 0.784. The maximum absolute atomic E-state index is 14.2. The smallest absolute Gasteiger partial charge is 0.195 e. The monoisotopic (exact) mass is 491 g/mol. The minimum absolute atomic E-state index is 0.0453. The highest BCUT2D eigenvalue weighted by Crippen LogP contribution is 2.46. The van der Waals surface area contributed by atoms with Crippen LogP contribution in [0.25, 0.3) is 10.9 Å². The topological polar surface area (TPSA) is 72.4 Å². The van der Waals surface area contributed by atoms with Crippen LogP contribution >= 0.6 is 0 Å². The van der Waals surface area contributed by atoms with E-state index >= 15 is 0 Å². The van der Waals surface area contributed by atoms with Crippen molar-refractivity contribution in [3.05, 3.63) is 63.8 Å². The van der Waals surface area contributed by atoms with Crippen molar-refractivity contribution in [2.75, 3.05) is 44.3 Å². The minimum Gasteiger partial charge on any atom is -0.379 e. The molecule has 0 radical (unpaired) electrons. The van der Waals surface area contributed by atoms with E-state index in [2.05, 4.69) is 11.1 Å². The Hall–Kier alpha value is -3.14. The Bertz CT molecular complexity index is 1720. The van der Waals surface area contributed by atoms with Crippen LogP contribution in [0.3, 0.4) is 0 Å². The molecule has 0 spiro atoms. The number of hydrogen-bond donors (Lipinski definition) is 1. The third-order valence-corrected chi connectivity index (χ3v) is 7.34. The number of nitriles is 1. The van der Waals surface area contributed by atoms with Crippen molar-refractivity contribution in [3.8, 4) is 6.07 Å². The minimum atomic E-state index is -2.42. The summed E-state index contributed by atoms with van der Waals surface area (Å²) < 4.78 is 85.4. The van der Waals surface area contributed by atoms with Crippen molar-refractivity contribution in [2.45, 2.75) is 51.3 Å². The van der Waals surface area contributed by atoms with Gasteiger partial charge >= 0.3 is 0 Å². The van der Waals surface area contributed by atoms with Crippen LogP contribution in [0.2, 0.25) is 0 Å². The van der Waals surface area contributed by atoms with Gasteiger partial charge in [0.2, 0.25) is 0 Å². The quantitative estimate of drug-likeness (QED) is 0.571. The van der Waals surface area contributed by atoms with E-state index in [1.54, 1.807) is 18.2 Å². The predicted molar refractivity (Wildman–Crippen MR) is 142 cm³/mol. The molecular formula is C30H34N4O2. The number of aromatic amines is 1. The van der Waals surface area contributed by atoms with Gasteiger partial charge in [0.15, 0.2) is 5.78 Å². The number of rotatable bonds is 3. The summed E-state index contributed by atoms with van der Waals surface area (Å²) in [7, 11) is 0. The van der Waals surface area contributed by atoms with Crippen molar-refractivity contribution in [1.82, 2.24) is 9.88 Å². The van der Waals surface area contributed by atoms with Crippen molar-refractivity contribution in [2.24, 2.45) is 0 Å². The molecule has 0 bridgehead atoms. The Morgan fingerprint density at radius 2 is 2.03 bits per heavy atom. The Morgan fingerprint density at radius 3 is 2.72 bits per heavy atom. The number of carbonyl (C=O) groups is 1. The summed E-state index contributed by atoms with van der Waals surface area (Å²) in [5.74, 6) is -0.424. The van der Waals surface area contributed by atoms with Crippen molar-refractivity contribution >= 4 is 22.4 Å². The van der Waals surface area contributed by atoms with Gasteiger partial charge in [-0.15, -0.1) is 0 Å². The number of carbonyl (C=O) groups excluding carboxylic acids is 1. The zero-order valence-electron chi connectivity index (χ0n) is 29.2. The molecule has 3 aromatic rings. The first-order chi connectivity index (χ1) is 21.1. The number of morpholine rings is 1. The van der Waals surface area contributed by atoms with Crippen LogP contribution in [0.1, 0.15) is 84.1 Å². The third kappa shape index (κ3) is 3.56. The molecule has 1 N–H and O–H groups in total. The zero-order valence-corrected chi connectivity index (χ0v) is 20.2. The van der Waals surface area contributed by atoms with E-state index < -0.39 is 49.4 Å². The molecule has 0 saturated carbocycles. The van der Waals surface area contributed by atoms with Gasteiger partial charge in [-0.25, -0.2) is 0 Å². The van der Waals surface area contributed by atoms with Crippen molar-refractivity contribution < 1.29 is 21.9 Å². The molecule has 2 aromatic carbocycles. The lowest BCUT2D eigenvalue weighted by Crippen LogP contribution is -2.49. The van der Waals surface area contributed by atoms with Gasteiger partial charge in [-0.1, -0.05) is 26.8 Å². The fourth-order valence-corrected chi connectivity index (χ4v) is 5.41. The summed E-state index contributed by atoms with van der Waals surface area (Å²) in [6, 6.07) is 7.61. The molecule has 1 aromatic heterocycles. The number of ether oxygens (including phenoxy) is 1. The van der Waals surface area contributed by atoms with Crippen molar-refractivity contribution in [3.63, 3.8) is 0 Å². The first kappa shape index (κ1) is 15.2. The van der Waals surface area contributed by atoms with E-state index in [1.165, 1.54) is 28.9 Å². The summed E-state index contributed by atoms with van der Waals surface area (Å²) >= 11 is 0. The van der Waals surface area contributed by atoms with Crippen LogP contribution in [0.4, 0.5) is 5.69 Å². The fourth-order valence-electron chi connectivity index (χ4n) is 5.41. The maximum atomic E-state index is 14.2. The lowest BCUT2D eigenvalue weighted by atomic mass is 9.70. The molecule has 6 nitrogen and oxygen atoms in total. The number of anilines is 1. The first-order valence-corrected chi connectivity index (χ1v) is 12.0. The SMILES string of the molecule is [2H]CC1(C[2H])c2cc(N3CC([2H])([2H])C([2H])(N4CCOCC4)C([2H])([2H])C3)c(C([2H])([2H])C)cc2C(=O)c2c1[nH]c1cc(C#N)ccc21. The predicted octanol–water partition coefficient (Wildman–Crippen LogP) is 4.77. The number of benzene rings is 2. The molecule has 0 atom stereocenters. The molecule has 3 heterocycles. The van der Waals surface area contributed by atoms with E-state index in [4.69, 9.17) is 15.7 Å². The number of fused-ring (bicyclic) bond motifs is 4. The lowest BCUT2D eigenvalue weighted by molar-refractivity contribution is 0.0115. The number of hydrogen-bond acceptors (Lipinski definition) is 5. The van der Waals surface area contributed by atoms with Crippen LogP contribution in [-0.2, 0) is 16.5 Å². The number of ketones is 1. The maximum Gasteiger partial charge on any atom is 0.195 e. The molecular weight excluding hydrogens is 448 g/mol. The van der Waals surface area contributed by atoms with E-state index in [0.717, 1.165) is 0 Å². The molecule has 6 rings (SSSR count). The fraction of sp³-hybridized carbons (Fsp3) is 0.467. The van der Waals surface area contributed by atoms with Crippen LogP contribution < -0.4 is 4.90 Å². The highest BCUT2D eigenvalue weighted by atomic mass is 16.5. The molecule has 3 aliphatic rings. The zero-order chi connectivity index (χ0) is 32.7. The largest absolute Gasteiger partial charge is 0.379 e. The molecule has 2 fully saturated rings. The Labute approximate surface area is 225 Å². The first-order valence-electron chi connectivity index (χ1n) is 16.9. The average Bonchev–Trinajstić information content (AvgIpc) is 3.39. The Morgan fingerprint density at radius 1 is 1.25 bits per heavy atom. The molecule has 186 valence electrons. The van der Waals surface area contributed by atoms with Gasteiger partial charge < -0.3 is 14.6 Å². The summed E-state index contributed by atoms with van der Waals surface area (Å²) in [4.78, 5) is 20.3. The van der Waals surface area contributed by atoms with Crippen molar-refractivity contribution in [1.29, 1.82) is 5.26 Å². The number of piperidine rings is 1. The van der Waals surface area contributed by atoms with E-state index in [-0.39, 0.29) is 62.5 Å². The summed E-state index contributed by atoms with van der Waals surface area (Å²) in [5, 5.41) is 9.96. The molecule has 0 unspecified atom stereocenters. The lowest BCUT2D eigenvalue weighted by Gasteiger charge is -2.42. The number of H-pyrrole nitrogens is 1. The number of aromatic nitrogens is 1. The van der Waals surface area contributed by atoms with Crippen LogP contribution in [-0.4, -0.2) is 61.1 Å². The number of aryl methyl sites for hydroxylation is 1. The van der Waals surface area contributed by atoms with Gasteiger partial charge in [0.25, 0.3) is 0 Å². The molecule has 2 saturated heterocycles. The van der Waals surface area contributed by atoms with E-state index in [1.807, 2.05) is 0 Å². The van der Waals surface area contributed by atoms with Crippen LogP contribution in [0.5, 0.6) is 0 Å². The van der Waals surface area contributed by atoms with Gasteiger partial charge in [0, 0.05) is 77.8 Å². The van der Waals surface area contributed by atoms with Crippen LogP contribution in [0, 0.1) is 11.3 Å². The second kappa shape index (κ2) is 8.76. The van der Waals surface area contributed by atoms with Gasteiger partial charge in [0.05, 0.1) is 30.4 Å². The second-order valence-electron chi connectivity index (χ2n) is 9.48. The van der Waals surface area contributed by atoms with Gasteiger partial charge in [0.1, 0.15) is 0 Å². The number of nitrogens with one attached hydrogen (secondary N) is 1. The van der Waals surface area contributed by atoms with Gasteiger partial charge in [-0.2, -0.15) is 5.26 Å². The average molecular weight is 492 g/mol. The molecule has 2 aliphatic heterocycles. The Kier molecular flexibility index (Phi) is 3.70. The van der Waals surface area contributed by atoms with E-state index in [0.29, 0.717) is 27.7 Å². The second-order valence-corrected chi connectivity index (χ2v) is 9.48. The molecule has 0 amide bonds. The van der Waals surface area contributed by atoms with Gasteiger partial charge in [-0.3, -0.25) is 9.69 Å². The molecule has 36 heavy (non-hydrogen) atoms. The Balaban J connectivity index is 1.55. The molecule has 1 aliphatic carbocycles. The van der Waals surface area contributed by atoms with Crippen LogP contribution in [0.15, 0.2) is 30.3 Å². The van der Waals surface area contributed by atoms with E-state index in [9.17, 15) is 11.4 Å². The standard InChI is InChI=1S/C30H34N4O2/c1-4-20-16-23-24(17-26(20)34-9-7-21(8-10-34)33-11-13-36-14-12-33)30(2,3)29-27(28(23)35)22-6-5-19(18-31)15-25(22)32-29/h5-6,15-17,21,32H,4,7-14H2,1-3H3/i2D,3D,4D2,7D2,8D2,21D. The van der Waals surface area contributed by atoms with Gasteiger partial charge in [-0.05, 0) is 54.5 Å². The number of nitrogens with zero attached hydrogens (tertiary/aromatic N) is 3.